The zero-order chi connectivity index (χ0) is 26.7. The van der Waals surface area contributed by atoms with Crippen LogP contribution in [0.25, 0.3) is 0 Å². The summed E-state index contributed by atoms with van der Waals surface area (Å²) in [6.07, 6.45) is 5.10. The molecule has 202 valence electrons. The van der Waals surface area contributed by atoms with Crippen molar-refractivity contribution >= 4 is 33.8 Å². The van der Waals surface area contributed by atoms with Crippen LogP contribution in [0.2, 0.25) is 0 Å². The van der Waals surface area contributed by atoms with E-state index in [9.17, 15) is 9.59 Å². The standard InChI is InChI=1S/C29H41N3O4S/c1-18-8-7-13-32(16-18)17-25(33)31-28-26(21-11-9-19(29(2,3)4)14-24(21)37-28)27(34)30-22-15-20(35-5)10-12-23(22)36-6/h10,12,15,18-19H,7-9,11,13-14,16-17H2,1-6H3,(H,30,34)(H,31,33). The second-order valence-corrected chi connectivity index (χ2v) is 12.7. The Labute approximate surface area is 224 Å². The molecule has 4 rings (SSSR count). The van der Waals surface area contributed by atoms with Crippen molar-refractivity contribution in [3.05, 3.63) is 34.2 Å². The molecule has 37 heavy (non-hydrogen) atoms. The third-order valence-corrected chi connectivity index (χ3v) is 8.90. The van der Waals surface area contributed by atoms with Gasteiger partial charge in [0.2, 0.25) is 5.91 Å². The van der Waals surface area contributed by atoms with Gasteiger partial charge in [-0.3, -0.25) is 14.5 Å². The number of likely N-dealkylation sites (tertiary alicyclic amines) is 1. The molecular weight excluding hydrogens is 486 g/mol. The molecule has 8 heteroatoms. The van der Waals surface area contributed by atoms with E-state index in [4.69, 9.17) is 9.47 Å². The Morgan fingerprint density at radius 3 is 2.59 bits per heavy atom. The molecule has 2 aromatic rings. The van der Waals surface area contributed by atoms with Crippen LogP contribution in [0.5, 0.6) is 11.5 Å². The average molecular weight is 528 g/mol. The van der Waals surface area contributed by atoms with E-state index in [-0.39, 0.29) is 17.2 Å². The Hall–Kier alpha value is -2.58. The Morgan fingerprint density at radius 2 is 1.92 bits per heavy atom. The lowest BCUT2D eigenvalue weighted by Crippen LogP contribution is -2.39. The fourth-order valence-electron chi connectivity index (χ4n) is 5.55. The van der Waals surface area contributed by atoms with E-state index < -0.39 is 0 Å². The number of nitrogens with zero attached hydrogens (tertiary/aromatic N) is 1. The highest BCUT2D eigenvalue weighted by atomic mass is 32.1. The summed E-state index contributed by atoms with van der Waals surface area (Å²) in [5.74, 6) is 2.01. The number of carbonyl (C=O) groups is 2. The first-order chi connectivity index (χ1) is 17.6. The van der Waals surface area contributed by atoms with Gasteiger partial charge in [0.15, 0.2) is 0 Å². The highest BCUT2D eigenvalue weighted by molar-refractivity contribution is 7.17. The van der Waals surface area contributed by atoms with Crippen molar-refractivity contribution in [2.45, 2.75) is 59.8 Å². The molecule has 0 bridgehead atoms. The van der Waals surface area contributed by atoms with Crippen LogP contribution >= 0.6 is 11.3 Å². The van der Waals surface area contributed by atoms with Crippen molar-refractivity contribution in [3.8, 4) is 11.5 Å². The number of amides is 2. The van der Waals surface area contributed by atoms with Crippen LogP contribution in [0.1, 0.15) is 67.8 Å². The summed E-state index contributed by atoms with van der Waals surface area (Å²) in [7, 11) is 3.16. The van der Waals surface area contributed by atoms with E-state index in [1.165, 1.54) is 11.3 Å². The van der Waals surface area contributed by atoms with Crippen molar-refractivity contribution in [1.29, 1.82) is 0 Å². The summed E-state index contributed by atoms with van der Waals surface area (Å²) in [4.78, 5) is 30.3. The Kier molecular flexibility index (Phi) is 8.49. The second kappa shape index (κ2) is 11.4. The van der Waals surface area contributed by atoms with E-state index in [0.29, 0.717) is 46.1 Å². The number of nitrogens with one attached hydrogen (secondary N) is 2. The van der Waals surface area contributed by atoms with E-state index >= 15 is 0 Å². The quantitative estimate of drug-likeness (QED) is 0.473. The maximum atomic E-state index is 13.8. The van der Waals surface area contributed by atoms with Gasteiger partial charge in [-0.25, -0.2) is 0 Å². The van der Waals surface area contributed by atoms with Crippen LogP contribution in [0.3, 0.4) is 0 Å². The Morgan fingerprint density at radius 1 is 1.14 bits per heavy atom. The second-order valence-electron chi connectivity index (χ2n) is 11.6. The smallest absolute Gasteiger partial charge is 0.259 e. The molecule has 2 N–H and O–H groups in total. The minimum Gasteiger partial charge on any atom is -0.497 e. The molecule has 2 unspecified atom stereocenters. The number of hydrogen-bond donors (Lipinski definition) is 2. The number of fused-ring (bicyclic) bond motifs is 1. The number of rotatable bonds is 7. The maximum Gasteiger partial charge on any atom is 0.259 e. The molecule has 1 aromatic heterocycles. The number of methoxy groups -OCH3 is 2. The van der Waals surface area contributed by atoms with E-state index in [1.54, 1.807) is 43.8 Å². The van der Waals surface area contributed by atoms with Gasteiger partial charge in [-0.1, -0.05) is 27.7 Å². The number of thiophene rings is 1. The molecular formula is C29H41N3O4S. The molecule has 2 aliphatic rings. The molecule has 1 saturated heterocycles. The predicted molar refractivity (Wildman–Crippen MR) is 150 cm³/mol. The van der Waals surface area contributed by atoms with Gasteiger partial charge < -0.3 is 20.1 Å². The SMILES string of the molecule is COc1ccc(OC)c(NC(=O)c2c(NC(=O)CN3CCCC(C)C3)sc3c2CCC(C(C)(C)C)C3)c1. The predicted octanol–water partition coefficient (Wildman–Crippen LogP) is 5.84. The summed E-state index contributed by atoms with van der Waals surface area (Å²) in [6.45, 7) is 11.3. The molecule has 2 atom stereocenters. The lowest BCUT2D eigenvalue weighted by atomic mass is 9.72. The van der Waals surface area contributed by atoms with E-state index in [0.717, 1.165) is 44.3 Å². The third-order valence-electron chi connectivity index (χ3n) is 7.73. The van der Waals surface area contributed by atoms with Crippen molar-refractivity contribution in [3.63, 3.8) is 0 Å². The molecule has 1 fully saturated rings. The van der Waals surface area contributed by atoms with Gasteiger partial charge in [-0.15, -0.1) is 11.3 Å². The van der Waals surface area contributed by atoms with Crippen molar-refractivity contribution < 1.29 is 19.1 Å². The first-order valence-electron chi connectivity index (χ1n) is 13.3. The minimum absolute atomic E-state index is 0.0620. The first kappa shape index (κ1) is 27.5. The van der Waals surface area contributed by atoms with Gasteiger partial charge in [0.25, 0.3) is 5.91 Å². The van der Waals surface area contributed by atoms with E-state index in [2.05, 4.69) is 43.2 Å². The molecule has 1 aliphatic heterocycles. The van der Waals surface area contributed by atoms with Crippen LogP contribution in [-0.2, 0) is 17.6 Å². The molecule has 0 saturated carbocycles. The van der Waals surface area contributed by atoms with Crippen LogP contribution < -0.4 is 20.1 Å². The third kappa shape index (κ3) is 6.47. The molecule has 2 heterocycles. The molecule has 1 aliphatic carbocycles. The monoisotopic (exact) mass is 527 g/mol. The largest absolute Gasteiger partial charge is 0.497 e. The lowest BCUT2D eigenvalue weighted by molar-refractivity contribution is -0.117. The highest BCUT2D eigenvalue weighted by Gasteiger charge is 2.34. The summed E-state index contributed by atoms with van der Waals surface area (Å²) in [6, 6.07) is 5.31. The highest BCUT2D eigenvalue weighted by Crippen LogP contribution is 2.44. The lowest BCUT2D eigenvalue weighted by Gasteiger charge is -2.33. The van der Waals surface area contributed by atoms with Crippen molar-refractivity contribution in [1.82, 2.24) is 4.90 Å². The fraction of sp³-hybridized carbons (Fsp3) is 0.586. The number of ether oxygens (including phenoxy) is 2. The zero-order valence-corrected chi connectivity index (χ0v) is 23.8. The Bertz CT molecular complexity index is 1140. The van der Waals surface area contributed by atoms with Gasteiger partial charge in [0.1, 0.15) is 16.5 Å². The normalized spacial score (nSPS) is 20.2. The maximum absolute atomic E-state index is 13.8. The van der Waals surface area contributed by atoms with Gasteiger partial charge in [-0.2, -0.15) is 0 Å². The number of benzene rings is 1. The van der Waals surface area contributed by atoms with Gasteiger partial charge in [0, 0.05) is 17.5 Å². The van der Waals surface area contributed by atoms with Gasteiger partial charge in [-0.05, 0) is 73.6 Å². The number of carbonyl (C=O) groups excluding carboxylic acids is 2. The average Bonchev–Trinajstić information content (AvgIpc) is 3.20. The van der Waals surface area contributed by atoms with Crippen molar-refractivity contribution in [2.24, 2.45) is 17.3 Å². The fourth-order valence-corrected chi connectivity index (χ4v) is 6.89. The zero-order valence-electron chi connectivity index (χ0n) is 23.0. The molecule has 1 aromatic carbocycles. The van der Waals surface area contributed by atoms with Crippen LogP contribution in [0.15, 0.2) is 18.2 Å². The molecule has 0 spiro atoms. The summed E-state index contributed by atoms with van der Waals surface area (Å²) >= 11 is 1.56. The van der Waals surface area contributed by atoms with Gasteiger partial charge in [0.05, 0.1) is 32.0 Å². The summed E-state index contributed by atoms with van der Waals surface area (Å²) < 4.78 is 10.8. The first-order valence-corrected chi connectivity index (χ1v) is 14.1. The van der Waals surface area contributed by atoms with Crippen molar-refractivity contribution in [2.75, 3.05) is 44.5 Å². The Balaban J connectivity index is 1.62. The minimum atomic E-state index is -0.236. The molecule has 0 radical (unpaired) electrons. The van der Waals surface area contributed by atoms with Gasteiger partial charge >= 0.3 is 0 Å². The topological polar surface area (TPSA) is 79.9 Å². The number of hydrogen-bond acceptors (Lipinski definition) is 6. The van der Waals surface area contributed by atoms with E-state index in [1.807, 2.05) is 0 Å². The van der Waals surface area contributed by atoms with Crippen LogP contribution in [0, 0.1) is 17.3 Å². The number of anilines is 2. The molecule has 2 amide bonds. The summed E-state index contributed by atoms with van der Waals surface area (Å²) in [5.41, 5.74) is 2.37. The summed E-state index contributed by atoms with van der Waals surface area (Å²) in [5, 5.41) is 6.80. The molecule has 7 nitrogen and oxygen atoms in total. The number of piperidine rings is 1. The van der Waals surface area contributed by atoms with Crippen LogP contribution in [-0.4, -0.2) is 50.6 Å². The van der Waals surface area contributed by atoms with Crippen LogP contribution in [0.4, 0.5) is 10.7 Å².